The number of carbonyl (C=O) groups is 1. The number of likely N-dealkylation sites (N-methyl/N-ethyl adjacent to an activating group) is 1. The van der Waals surface area contributed by atoms with E-state index in [1.165, 1.54) is 0 Å². The van der Waals surface area contributed by atoms with E-state index >= 15 is 0 Å². The summed E-state index contributed by atoms with van der Waals surface area (Å²) in [4.78, 5) is 14.1. The van der Waals surface area contributed by atoms with Gasteiger partial charge in [0.05, 0.1) is 126 Å². The standard InChI is InChI=1S/C7H15NO2.C5H11NO.C4H11NO2.C4H9NO.C4H10O3.C4H8O3.C3H9NO.C3H8O2.CH4O.CO.CH4.H3N.H2/c1-9-5-2-8-3-6-10-7-4-8;1-6-2-4-7-5-3-6;5-1-3-7-4-2-6;1-3-6-4-2-5-1;2*5-1-3-7-4-2-6;2*1-5-3-2-4;2*1-2;;;/h2-7H2,1H3;2-5H2,1H3;6H,1-5H2;5H,1-4H2;5-6H,1-4H2;1,6H,2-4H2;2-4H2,1H3;4H,2-3H2,1H3;2H,1H3;;1H4;1H3;1H/p+2. The number of aliphatic hydroxyl groups excluding tert-OH is 6. The predicted octanol–water partition coefficient (Wildman–Crippen LogP) is -3.19. The van der Waals surface area contributed by atoms with Crippen molar-refractivity contribution in [3.8, 4) is 0 Å². The summed E-state index contributed by atoms with van der Waals surface area (Å²) >= 11 is 0. The number of aliphatic hydroxyl groups is 6. The van der Waals surface area contributed by atoms with Gasteiger partial charge in [0.2, 0.25) is 0 Å². The van der Waals surface area contributed by atoms with Gasteiger partial charge in [-0.1, -0.05) is 7.43 Å². The van der Waals surface area contributed by atoms with Crippen LogP contribution in [-0.2, 0) is 52.1 Å². The largest absolute Gasteiger partial charge is 1.00 e. The maximum absolute atomic E-state index is 9.47. The van der Waals surface area contributed by atoms with E-state index in [0.29, 0.717) is 59.0 Å². The van der Waals surface area contributed by atoms with Gasteiger partial charge in [-0.05, 0) is 7.05 Å². The van der Waals surface area contributed by atoms with Crippen LogP contribution in [0.25, 0.3) is 0 Å². The molecule has 0 aliphatic carbocycles. The first kappa shape index (κ1) is 79.0. The van der Waals surface area contributed by atoms with Gasteiger partial charge in [0.25, 0.3) is 0 Å². The number of quaternary nitrogens is 1. The van der Waals surface area contributed by atoms with Gasteiger partial charge in [0.1, 0.15) is 12.9 Å². The van der Waals surface area contributed by atoms with E-state index in [9.17, 15) is 4.79 Å². The minimum Gasteiger partial charge on any atom is -0.369 e. The predicted molar refractivity (Wildman–Crippen MR) is 235 cm³/mol. The molecule has 3 fully saturated rings. The van der Waals surface area contributed by atoms with Crippen molar-refractivity contribution in [2.75, 3.05) is 227 Å². The van der Waals surface area contributed by atoms with Gasteiger partial charge in [0, 0.05) is 88.8 Å². The quantitative estimate of drug-likeness (QED) is 0.0264. The Balaban J connectivity index is -0.0000000526. The molecule has 0 aromatic carbocycles. The monoisotopic (exact) mass is 897 g/mol. The molecule has 0 aromatic heterocycles. The molecule has 3 rings (SSSR count). The zero-order chi connectivity index (χ0) is 45.4. The van der Waals surface area contributed by atoms with Crippen molar-refractivity contribution >= 4 is 6.29 Å². The van der Waals surface area contributed by atoms with Crippen molar-refractivity contribution in [1.82, 2.24) is 21.3 Å². The Labute approximate surface area is 365 Å². The van der Waals surface area contributed by atoms with Crippen LogP contribution in [0.3, 0.4) is 0 Å². The van der Waals surface area contributed by atoms with Crippen molar-refractivity contribution < 1.29 is 85.6 Å². The number of nitrogens with zero attached hydrogens (tertiary/aromatic N) is 2. The van der Waals surface area contributed by atoms with Crippen molar-refractivity contribution in [2.24, 2.45) is 11.5 Å². The third-order valence-corrected chi connectivity index (χ3v) is 5.80. The molecule has 23 heteroatoms. The van der Waals surface area contributed by atoms with Crippen LogP contribution in [0.4, 0.5) is 0 Å². The number of nitrogens with one attached hydrogen (secondary N) is 1. The first-order chi connectivity index (χ1) is 28.4. The van der Waals surface area contributed by atoms with Crippen LogP contribution in [-0.4, -0.2) is 273 Å². The van der Waals surface area contributed by atoms with Crippen molar-refractivity contribution in [3.63, 3.8) is 0 Å². The zero-order valence-electron chi connectivity index (χ0n) is 38.3. The zero-order valence-corrected chi connectivity index (χ0v) is 37.3. The summed E-state index contributed by atoms with van der Waals surface area (Å²) in [5.41, 5.74) is 10.1. The average Bonchev–Trinajstić information content (AvgIpc) is 3.28. The SMILES string of the molecule is C.C1COCCN1.CN1CCOCC1.CO.COCCN.COCCN1CCOCC1.COCCO.NCCOCCO.O=CCOCCO.OCCOCCO.[C-]#[O+].[H+].[HH].[NH4+]. The fraction of sp³-hybridized carbons (Fsp3) is 0.946. The number of morpholine rings is 3. The molecule has 0 aromatic rings. The second-order valence-electron chi connectivity index (χ2n) is 10.4. The van der Waals surface area contributed by atoms with Crippen LogP contribution in [0.15, 0.2) is 0 Å². The second-order valence-corrected chi connectivity index (χ2v) is 10.4. The molecule has 0 atom stereocenters. The normalized spacial score (nSPS) is 13.7. The van der Waals surface area contributed by atoms with E-state index in [1.54, 1.807) is 21.3 Å². The van der Waals surface area contributed by atoms with Crippen LogP contribution in [0.5, 0.6) is 0 Å². The summed E-state index contributed by atoms with van der Waals surface area (Å²) in [7, 11) is 8.03. The molecule has 3 heterocycles. The van der Waals surface area contributed by atoms with Crippen molar-refractivity contribution in [1.29, 1.82) is 0 Å². The molecule has 3 aliphatic rings. The molecule has 3 saturated heterocycles. The van der Waals surface area contributed by atoms with Crippen LogP contribution in [0, 0.1) is 6.65 Å². The van der Waals surface area contributed by atoms with Gasteiger partial charge in [-0.2, -0.15) is 0 Å². The summed E-state index contributed by atoms with van der Waals surface area (Å²) in [6, 6.07) is 0. The summed E-state index contributed by atoms with van der Waals surface area (Å²) in [5, 5.41) is 50.5. The van der Waals surface area contributed by atoms with Crippen LogP contribution >= 0.6 is 0 Å². The van der Waals surface area contributed by atoms with Gasteiger partial charge in [-0.3, -0.25) is 4.90 Å². The molecular formula is C37H96N6O17+2. The van der Waals surface area contributed by atoms with E-state index in [-0.39, 0.29) is 62.7 Å². The summed E-state index contributed by atoms with van der Waals surface area (Å²) in [6.45, 7) is 22.5. The number of rotatable bonds is 19. The number of carbonyl (C=O) groups excluding carboxylic acids is 1. The summed E-state index contributed by atoms with van der Waals surface area (Å²) in [6.07, 6.45) is 0.648. The van der Waals surface area contributed by atoms with Crippen molar-refractivity contribution in [3.05, 3.63) is 6.65 Å². The van der Waals surface area contributed by atoms with Crippen LogP contribution in [0.2, 0.25) is 0 Å². The topological polar surface area (TPSA) is 348 Å². The van der Waals surface area contributed by atoms with E-state index < -0.39 is 0 Å². The summed E-state index contributed by atoms with van der Waals surface area (Å²) in [5.74, 6) is 0. The number of hydrogen-bond donors (Lipinski definition) is 10. The molecule has 15 N–H and O–H groups in total. The average molecular weight is 897 g/mol. The van der Waals surface area contributed by atoms with Crippen molar-refractivity contribution in [2.45, 2.75) is 7.43 Å². The minimum atomic E-state index is -0.0200. The van der Waals surface area contributed by atoms with Gasteiger partial charge in [-0.25, -0.2) is 0 Å². The number of methoxy groups -OCH3 is 3. The maximum Gasteiger partial charge on any atom is 1.00 e. The first-order valence-corrected chi connectivity index (χ1v) is 19.0. The molecule has 0 radical (unpaired) electrons. The molecule has 60 heavy (non-hydrogen) atoms. The summed E-state index contributed by atoms with van der Waals surface area (Å²) < 4.78 is 50.7. The Kier molecular flexibility index (Phi) is 122. The van der Waals surface area contributed by atoms with E-state index in [2.05, 4.69) is 47.8 Å². The molecule has 0 saturated carbocycles. The van der Waals surface area contributed by atoms with Crippen LogP contribution in [0.1, 0.15) is 10.3 Å². The molecule has 0 spiro atoms. The number of nitrogens with two attached hydrogens (primary N) is 2. The van der Waals surface area contributed by atoms with Gasteiger partial charge in [0.15, 0.2) is 0 Å². The number of hydrogen-bond acceptors (Lipinski definition) is 21. The Hall–Kier alpha value is -1.43. The van der Waals surface area contributed by atoms with E-state index in [1.807, 2.05) is 0 Å². The third-order valence-electron chi connectivity index (χ3n) is 5.80. The minimum absolute atomic E-state index is 0. The third kappa shape index (κ3) is 106. The molecule has 374 valence electrons. The first-order valence-electron chi connectivity index (χ1n) is 19.0. The van der Waals surface area contributed by atoms with Crippen LogP contribution < -0.4 is 22.9 Å². The number of ether oxygens (including phenoxy) is 9. The Morgan fingerprint density at radius 2 is 1.02 bits per heavy atom. The Bertz CT molecular complexity index is 606. The molecule has 0 amide bonds. The smallest absolute Gasteiger partial charge is 0.369 e. The molecule has 0 unspecified atom stereocenters. The van der Waals surface area contributed by atoms with E-state index in [4.69, 9.17) is 70.4 Å². The second kappa shape index (κ2) is 92.7. The maximum atomic E-state index is 9.47. The molecule has 3 aliphatic heterocycles. The molecule has 0 bridgehead atoms. The molecule has 23 nitrogen and oxygen atoms in total. The number of aldehydes is 1. The fourth-order valence-corrected chi connectivity index (χ4v) is 3.10. The van der Waals surface area contributed by atoms with Gasteiger partial charge >= 0.3 is 12.7 Å². The molecular weight excluding hydrogens is 800 g/mol. The Morgan fingerprint density at radius 1 is 0.650 bits per heavy atom. The Morgan fingerprint density at radius 3 is 1.27 bits per heavy atom. The van der Waals surface area contributed by atoms with E-state index in [0.717, 1.165) is 99.2 Å². The fourth-order valence-electron chi connectivity index (χ4n) is 3.10. The van der Waals surface area contributed by atoms with Gasteiger partial charge < -0.3 is 106 Å². The van der Waals surface area contributed by atoms with Gasteiger partial charge in [-0.15, -0.1) is 0 Å².